The SMILES string of the molecule is CC(C)C(=O)N1CCN(C(=O)C=Cc2ccc(-c3ccc(Br)cc3)s2)CC1. The third-order valence-electron chi connectivity index (χ3n) is 4.54. The second-order valence-corrected chi connectivity index (χ2v) is 8.88. The van der Waals surface area contributed by atoms with Crippen LogP contribution in [0.2, 0.25) is 0 Å². The number of hydrogen-bond donors (Lipinski definition) is 0. The number of rotatable bonds is 4. The highest BCUT2D eigenvalue weighted by Crippen LogP contribution is 2.29. The Hall–Kier alpha value is -1.92. The van der Waals surface area contributed by atoms with E-state index in [0.29, 0.717) is 26.2 Å². The lowest BCUT2D eigenvalue weighted by atomic mass is 10.1. The molecule has 0 spiro atoms. The van der Waals surface area contributed by atoms with Crippen molar-refractivity contribution in [1.29, 1.82) is 0 Å². The van der Waals surface area contributed by atoms with Crippen LogP contribution < -0.4 is 0 Å². The third-order valence-corrected chi connectivity index (χ3v) is 6.17. The molecule has 1 aliphatic heterocycles. The van der Waals surface area contributed by atoms with Gasteiger partial charge < -0.3 is 9.80 Å². The molecule has 27 heavy (non-hydrogen) atoms. The lowest BCUT2D eigenvalue weighted by Crippen LogP contribution is -2.51. The molecule has 0 saturated carbocycles. The molecule has 3 rings (SSSR count). The van der Waals surface area contributed by atoms with E-state index in [-0.39, 0.29) is 17.7 Å². The van der Waals surface area contributed by atoms with Crippen LogP contribution in [0.15, 0.2) is 46.9 Å². The van der Waals surface area contributed by atoms with Crippen molar-refractivity contribution in [3.8, 4) is 10.4 Å². The van der Waals surface area contributed by atoms with Gasteiger partial charge in [-0.1, -0.05) is 41.9 Å². The van der Waals surface area contributed by atoms with Crippen molar-refractivity contribution in [3.63, 3.8) is 0 Å². The summed E-state index contributed by atoms with van der Waals surface area (Å²) in [7, 11) is 0. The summed E-state index contributed by atoms with van der Waals surface area (Å²) in [5.41, 5.74) is 1.17. The summed E-state index contributed by atoms with van der Waals surface area (Å²) in [4.78, 5) is 30.3. The van der Waals surface area contributed by atoms with Gasteiger partial charge in [0.1, 0.15) is 0 Å². The molecule has 142 valence electrons. The summed E-state index contributed by atoms with van der Waals surface area (Å²) < 4.78 is 1.06. The smallest absolute Gasteiger partial charge is 0.246 e. The van der Waals surface area contributed by atoms with Gasteiger partial charge in [0.25, 0.3) is 0 Å². The highest BCUT2D eigenvalue weighted by atomic mass is 79.9. The summed E-state index contributed by atoms with van der Waals surface area (Å²) in [5, 5.41) is 0. The Balaban J connectivity index is 1.56. The topological polar surface area (TPSA) is 40.6 Å². The average molecular weight is 447 g/mol. The fraction of sp³-hybridized carbons (Fsp3) is 0.333. The van der Waals surface area contributed by atoms with Gasteiger partial charge in [-0.3, -0.25) is 9.59 Å². The standard InChI is InChI=1S/C21H23BrN2O2S/c1-15(2)21(26)24-13-11-23(12-14-24)20(25)10-8-18-7-9-19(27-18)16-3-5-17(22)6-4-16/h3-10,15H,11-14H2,1-2H3. The molecule has 2 aromatic rings. The lowest BCUT2D eigenvalue weighted by Gasteiger charge is -2.35. The Morgan fingerprint density at radius 2 is 1.63 bits per heavy atom. The predicted molar refractivity (Wildman–Crippen MR) is 114 cm³/mol. The number of thiophene rings is 1. The van der Waals surface area contributed by atoms with E-state index in [2.05, 4.69) is 34.1 Å². The predicted octanol–water partition coefficient (Wildman–Crippen LogP) is 4.52. The number of carbonyl (C=O) groups is 2. The van der Waals surface area contributed by atoms with E-state index in [1.165, 1.54) is 10.4 Å². The molecule has 0 radical (unpaired) electrons. The zero-order valence-corrected chi connectivity index (χ0v) is 17.9. The first-order valence-electron chi connectivity index (χ1n) is 9.05. The minimum atomic E-state index is 0.00485. The molecular formula is C21H23BrN2O2S. The van der Waals surface area contributed by atoms with E-state index >= 15 is 0 Å². The van der Waals surface area contributed by atoms with Gasteiger partial charge in [0.2, 0.25) is 11.8 Å². The van der Waals surface area contributed by atoms with Crippen molar-refractivity contribution < 1.29 is 9.59 Å². The van der Waals surface area contributed by atoms with Crippen LogP contribution in [0.4, 0.5) is 0 Å². The fourth-order valence-corrected chi connectivity index (χ4v) is 4.16. The van der Waals surface area contributed by atoms with Gasteiger partial charge in [0.15, 0.2) is 0 Å². The molecule has 0 N–H and O–H groups in total. The van der Waals surface area contributed by atoms with Crippen LogP contribution in [0.1, 0.15) is 18.7 Å². The number of halogens is 1. The Bertz CT molecular complexity index is 834. The molecule has 0 atom stereocenters. The van der Waals surface area contributed by atoms with E-state index in [4.69, 9.17) is 0 Å². The van der Waals surface area contributed by atoms with Gasteiger partial charge in [-0.2, -0.15) is 0 Å². The quantitative estimate of drug-likeness (QED) is 0.647. The Morgan fingerprint density at radius 1 is 1.00 bits per heavy atom. The molecule has 6 heteroatoms. The van der Waals surface area contributed by atoms with Gasteiger partial charge >= 0.3 is 0 Å². The first-order valence-corrected chi connectivity index (χ1v) is 10.7. The maximum absolute atomic E-state index is 12.4. The Kier molecular flexibility index (Phi) is 6.50. The zero-order valence-electron chi connectivity index (χ0n) is 15.5. The second-order valence-electron chi connectivity index (χ2n) is 6.85. The highest BCUT2D eigenvalue weighted by molar-refractivity contribution is 9.10. The monoisotopic (exact) mass is 446 g/mol. The number of hydrogen-bond acceptors (Lipinski definition) is 3. The Morgan fingerprint density at radius 3 is 2.26 bits per heavy atom. The molecule has 1 aromatic carbocycles. The van der Waals surface area contributed by atoms with Crippen molar-refractivity contribution in [1.82, 2.24) is 9.80 Å². The van der Waals surface area contributed by atoms with Gasteiger partial charge in [0, 0.05) is 52.4 Å². The summed E-state index contributed by atoms with van der Waals surface area (Å²) in [6.45, 7) is 6.23. The minimum absolute atomic E-state index is 0.00485. The number of carbonyl (C=O) groups excluding carboxylic acids is 2. The van der Waals surface area contributed by atoms with Crippen LogP contribution in [0, 0.1) is 5.92 Å². The van der Waals surface area contributed by atoms with Crippen molar-refractivity contribution in [2.75, 3.05) is 26.2 Å². The van der Waals surface area contributed by atoms with E-state index in [1.807, 2.05) is 47.9 Å². The van der Waals surface area contributed by atoms with Crippen molar-refractivity contribution in [3.05, 3.63) is 51.8 Å². The van der Waals surface area contributed by atoms with E-state index in [1.54, 1.807) is 17.4 Å². The molecule has 0 bridgehead atoms. The van der Waals surface area contributed by atoms with Gasteiger partial charge in [0.05, 0.1) is 0 Å². The van der Waals surface area contributed by atoms with E-state index < -0.39 is 0 Å². The van der Waals surface area contributed by atoms with Crippen molar-refractivity contribution >= 4 is 45.2 Å². The van der Waals surface area contributed by atoms with Crippen LogP contribution in [0.5, 0.6) is 0 Å². The van der Waals surface area contributed by atoms with Crippen molar-refractivity contribution in [2.24, 2.45) is 5.92 Å². The molecule has 2 amide bonds. The first kappa shape index (κ1) is 19.8. The average Bonchev–Trinajstić information content (AvgIpc) is 3.15. The Labute approximate surface area is 172 Å². The van der Waals surface area contributed by atoms with Crippen LogP contribution in [-0.2, 0) is 9.59 Å². The zero-order chi connectivity index (χ0) is 19.4. The largest absolute Gasteiger partial charge is 0.339 e. The number of piperazine rings is 1. The highest BCUT2D eigenvalue weighted by Gasteiger charge is 2.24. The number of amides is 2. The number of nitrogens with zero attached hydrogens (tertiary/aromatic N) is 2. The van der Waals surface area contributed by atoms with E-state index in [9.17, 15) is 9.59 Å². The molecule has 0 aliphatic carbocycles. The minimum Gasteiger partial charge on any atom is -0.339 e. The van der Waals surface area contributed by atoms with Gasteiger partial charge in [-0.25, -0.2) is 0 Å². The molecule has 1 aromatic heterocycles. The summed E-state index contributed by atoms with van der Waals surface area (Å²) >= 11 is 5.11. The van der Waals surface area contributed by atoms with Crippen LogP contribution in [0.25, 0.3) is 16.5 Å². The molecule has 1 fully saturated rings. The molecule has 0 unspecified atom stereocenters. The van der Waals surface area contributed by atoms with Crippen LogP contribution >= 0.6 is 27.3 Å². The summed E-state index contributed by atoms with van der Waals surface area (Å²) in [6, 6.07) is 12.3. The van der Waals surface area contributed by atoms with Gasteiger partial charge in [-0.15, -0.1) is 11.3 Å². The van der Waals surface area contributed by atoms with Crippen LogP contribution in [-0.4, -0.2) is 47.8 Å². The fourth-order valence-electron chi connectivity index (χ4n) is 2.98. The third kappa shape index (κ3) is 5.08. The van der Waals surface area contributed by atoms with E-state index in [0.717, 1.165) is 9.35 Å². The second kappa shape index (κ2) is 8.85. The lowest BCUT2D eigenvalue weighted by molar-refractivity contribution is -0.139. The molecule has 1 aliphatic rings. The molecular weight excluding hydrogens is 424 g/mol. The number of benzene rings is 1. The van der Waals surface area contributed by atoms with Crippen molar-refractivity contribution in [2.45, 2.75) is 13.8 Å². The molecule has 4 nitrogen and oxygen atoms in total. The molecule has 1 saturated heterocycles. The first-order chi connectivity index (χ1) is 12.9. The molecule has 2 heterocycles. The van der Waals surface area contributed by atoms with Gasteiger partial charge in [-0.05, 0) is 35.9 Å². The van der Waals surface area contributed by atoms with Crippen LogP contribution in [0.3, 0.4) is 0 Å². The summed E-state index contributed by atoms with van der Waals surface area (Å²) in [5.74, 6) is 0.174. The maximum atomic E-state index is 12.4. The normalized spacial score (nSPS) is 15.0. The maximum Gasteiger partial charge on any atom is 0.246 e. The summed E-state index contributed by atoms with van der Waals surface area (Å²) in [6.07, 6.45) is 3.51.